The van der Waals surface area contributed by atoms with Crippen molar-refractivity contribution in [2.45, 2.75) is 25.8 Å². The monoisotopic (exact) mass is 359 g/mol. The minimum absolute atomic E-state index is 0.129. The quantitative estimate of drug-likeness (QED) is 0.588. The van der Waals surface area contributed by atoms with E-state index in [4.69, 9.17) is 0 Å². The minimum Gasteiger partial charge on any atom is -0.349 e. The second-order valence-electron chi connectivity index (χ2n) is 6.98. The van der Waals surface area contributed by atoms with Crippen LogP contribution in [-0.2, 0) is 0 Å². The molecule has 27 heavy (non-hydrogen) atoms. The normalized spacial score (nSPS) is 14.0. The summed E-state index contributed by atoms with van der Waals surface area (Å²) in [7, 11) is 0. The Bertz CT molecular complexity index is 1250. The summed E-state index contributed by atoms with van der Waals surface area (Å²) in [6, 6.07) is 13.1. The molecule has 0 unspecified atom stereocenters. The van der Waals surface area contributed by atoms with Crippen molar-refractivity contribution in [1.82, 2.24) is 25.1 Å². The molecule has 1 aliphatic carbocycles. The number of benzene rings is 2. The Morgan fingerprint density at radius 3 is 2.70 bits per heavy atom. The lowest BCUT2D eigenvalue weighted by Gasteiger charge is -2.06. The predicted molar refractivity (Wildman–Crippen MR) is 102 cm³/mol. The van der Waals surface area contributed by atoms with Gasteiger partial charge < -0.3 is 5.32 Å². The van der Waals surface area contributed by atoms with E-state index in [9.17, 15) is 9.59 Å². The van der Waals surface area contributed by atoms with E-state index < -0.39 is 0 Å². The fraction of sp³-hybridized carbons (Fsp3) is 0.200. The number of nitrogens with zero attached hydrogens (tertiary/aromatic N) is 3. The summed E-state index contributed by atoms with van der Waals surface area (Å²) in [5.74, 6) is -0.129. The number of aryl methyl sites for hydroxylation is 1. The SMILES string of the molecule is Cc1ccc(-c2n[nH]n3c2nc(=O)c2ccc(C(=O)NC4CC4)cc23)cc1. The highest BCUT2D eigenvalue weighted by Crippen LogP contribution is 2.24. The third-order valence-electron chi connectivity index (χ3n) is 4.86. The van der Waals surface area contributed by atoms with Gasteiger partial charge in [-0.25, -0.2) is 9.73 Å². The highest BCUT2D eigenvalue weighted by Gasteiger charge is 2.24. The Kier molecular flexibility index (Phi) is 3.36. The van der Waals surface area contributed by atoms with Crippen LogP contribution in [-0.4, -0.2) is 31.8 Å². The zero-order valence-corrected chi connectivity index (χ0v) is 14.7. The van der Waals surface area contributed by atoms with Crippen LogP contribution in [0.2, 0.25) is 0 Å². The van der Waals surface area contributed by atoms with E-state index in [1.807, 2.05) is 31.2 Å². The average molecular weight is 359 g/mol. The lowest BCUT2D eigenvalue weighted by Crippen LogP contribution is -2.25. The Labute approximate surface area is 154 Å². The standard InChI is InChI=1S/C20H17N5O2/c1-11-2-4-12(5-3-11)17-18-22-20(27)15-9-6-13(19(26)21-14-7-8-14)10-16(15)25(18)24-23-17/h2-6,9-10,14,24H,7-8H2,1H3,(H,21,26). The van der Waals surface area contributed by atoms with Crippen molar-refractivity contribution in [3.8, 4) is 11.3 Å². The topological polar surface area (TPSA) is 92.2 Å². The number of hydrogen-bond acceptors (Lipinski definition) is 4. The Balaban J connectivity index is 1.70. The predicted octanol–water partition coefficient (Wildman–Crippen LogP) is 2.44. The summed E-state index contributed by atoms with van der Waals surface area (Å²) in [6.45, 7) is 2.01. The Morgan fingerprint density at radius 1 is 1.19 bits per heavy atom. The van der Waals surface area contributed by atoms with E-state index in [0.29, 0.717) is 27.8 Å². The molecule has 7 heteroatoms. The summed E-state index contributed by atoms with van der Waals surface area (Å²) < 4.78 is 1.65. The van der Waals surface area contributed by atoms with Crippen LogP contribution in [0.5, 0.6) is 0 Å². The van der Waals surface area contributed by atoms with Crippen LogP contribution in [0.25, 0.3) is 27.8 Å². The molecule has 1 amide bonds. The number of nitrogens with one attached hydrogen (secondary N) is 2. The van der Waals surface area contributed by atoms with Crippen LogP contribution < -0.4 is 10.9 Å². The van der Waals surface area contributed by atoms with Crippen molar-refractivity contribution in [3.05, 3.63) is 63.9 Å². The number of rotatable bonds is 3. The molecule has 2 aromatic heterocycles. The summed E-state index contributed by atoms with van der Waals surface area (Å²) >= 11 is 0. The number of carbonyl (C=O) groups is 1. The van der Waals surface area contributed by atoms with Crippen LogP contribution in [0.3, 0.4) is 0 Å². The van der Waals surface area contributed by atoms with E-state index in [-0.39, 0.29) is 17.5 Å². The molecule has 0 bridgehead atoms. The molecule has 0 aliphatic heterocycles. The fourth-order valence-corrected chi connectivity index (χ4v) is 3.17. The maximum Gasteiger partial charge on any atom is 0.281 e. The van der Waals surface area contributed by atoms with Gasteiger partial charge in [0.2, 0.25) is 0 Å². The first-order valence-corrected chi connectivity index (χ1v) is 8.89. The van der Waals surface area contributed by atoms with Gasteiger partial charge in [0.25, 0.3) is 11.5 Å². The molecule has 5 rings (SSSR count). The summed E-state index contributed by atoms with van der Waals surface area (Å²) in [5, 5.41) is 10.7. The molecule has 1 fully saturated rings. The molecule has 0 radical (unpaired) electrons. The summed E-state index contributed by atoms with van der Waals surface area (Å²) in [6.07, 6.45) is 2.04. The van der Waals surface area contributed by atoms with Crippen LogP contribution in [0.4, 0.5) is 0 Å². The van der Waals surface area contributed by atoms with E-state index in [2.05, 4.69) is 20.6 Å². The molecule has 1 saturated carbocycles. The molecule has 0 saturated heterocycles. The van der Waals surface area contributed by atoms with Gasteiger partial charge >= 0.3 is 0 Å². The third-order valence-corrected chi connectivity index (χ3v) is 4.86. The third kappa shape index (κ3) is 2.68. The van der Waals surface area contributed by atoms with Crippen LogP contribution in [0, 0.1) is 6.92 Å². The lowest BCUT2D eigenvalue weighted by atomic mass is 10.1. The molecular weight excluding hydrogens is 342 g/mol. The number of fused-ring (bicyclic) bond motifs is 3. The number of hydrogen-bond donors (Lipinski definition) is 2. The lowest BCUT2D eigenvalue weighted by molar-refractivity contribution is 0.0951. The molecule has 134 valence electrons. The van der Waals surface area contributed by atoms with Crippen molar-refractivity contribution in [1.29, 1.82) is 0 Å². The molecule has 1 aliphatic rings. The first-order valence-electron chi connectivity index (χ1n) is 8.89. The molecule has 2 aromatic carbocycles. The zero-order chi connectivity index (χ0) is 18.5. The van der Waals surface area contributed by atoms with E-state index in [1.165, 1.54) is 0 Å². The van der Waals surface area contributed by atoms with Crippen molar-refractivity contribution < 1.29 is 4.79 Å². The molecule has 2 N–H and O–H groups in total. The number of H-pyrrole nitrogens is 1. The van der Waals surface area contributed by atoms with Crippen LogP contribution >= 0.6 is 0 Å². The molecule has 0 atom stereocenters. The number of aromatic amines is 1. The number of aromatic nitrogens is 4. The average Bonchev–Trinajstić information content (AvgIpc) is 3.39. The van der Waals surface area contributed by atoms with Crippen molar-refractivity contribution in [3.63, 3.8) is 0 Å². The smallest absolute Gasteiger partial charge is 0.281 e. The van der Waals surface area contributed by atoms with Crippen LogP contribution in [0.15, 0.2) is 47.3 Å². The van der Waals surface area contributed by atoms with Gasteiger partial charge in [-0.1, -0.05) is 29.8 Å². The second-order valence-corrected chi connectivity index (χ2v) is 6.98. The first kappa shape index (κ1) is 15.7. The van der Waals surface area contributed by atoms with E-state index in [0.717, 1.165) is 24.0 Å². The first-order chi connectivity index (χ1) is 13.1. The highest BCUT2D eigenvalue weighted by molar-refractivity contribution is 5.98. The van der Waals surface area contributed by atoms with E-state index in [1.54, 1.807) is 22.7 Å². The maximum absolute atomic E-state index is 12.5. The van der Waals surface area contributed by atoms with Gasteiger partial charge in [0.1, 0.15) is 5.69 Å². The maximum atomic E-state index is 12.5. The van der Waals surface area contributed by atoms with Gasteiger partial charge in [-0.2, -0.15) is 10.1 Å². The second kappa shape index (κ2) is 5.77. The largest absolute Gasteiger partial charge is 0.349 e. The minimum atomic E-state index is -0.339. The van der Waals surface area contributed by atoms with Gasteiger partial charge in [0.15, 0.2) is 5.65 Å². The molecule has 4 aromatic rings. The Hall–Kier alpha value is -3.48. The zero-order valence-electron chi connectivity index (χ0n) is 14.7. The number of carbonyl (C=O) groups excluding carboxylic acids is 1. The Morgan fingerprint density at radius 2 is 1.96 bits per heavy atom. The van der Waals surface area contributed by atoms with Gasteiger partial charge in [-0.3, -0.25) is 9.59 Å². The van der Waals surface area contributed by atoms with Crippen LogP contribution in [0.1, 0.15) is 28.8 Å². The van der Waals surface area contributed by atoms with Crippen molar-refractivity contribution >= 4 is 22.5 Å². The highest BCUT2D eigenvalue weighted by atomic mass is 16.1. The number of amides is 1. The van der Waals surface area contributed by atoms with E-state index >= 15 is 0 Å². The summed E-state index contributed by atoms with van der Waals surface area (Å²) in [4.78, 5) is 29.1. The van der Waals surface area contributed by atoms with Crippen molar-refractivity contribution in [2.75, 3.05) is 0 Å². The molecular formula is C20H17N5O2. The summed E-state index contributed by atoms with van der Waals surface area (Å²) in [5.41, 5.74) is 3.81. The van der Waals surface area contributed by atoms with Gasteiger partial charge in [-0.15, -0.1) is 0 Å². The fourth-order valence-electron chi connectivity index (χ4n) is 3.17. The van der Waals surface area contributed by atoms with Crippen molar-refractivity contribution in [2.24, 2.45) is 0 Å². The molecule has 7 nitrogen and oxygen atoms in total. The van der Waals surface area contributed by atoms with Gasteiger partial charge in [0.05, 0.1) is 10.9 Å². The van der Waals surface area contributed by atoms with Gasteiger partial charge in [-0.05, 0) is 38.0 Å². The van der Waals surface area contributed by atoms with Gasteiger partial charge in [0, 0.05) is 17.2 Å². The molecule has 0 spiro atoms. The molecule has 2 heterocycles.